The van der Waals surface area contributed by atoms with Crippen molar-refractivity contribution in [2.75, 3.05) is 11.9 Å². The molecule has 0 saturated heterocycles. The van der Waals surface area contributed by atoms with Gasteiger partial charge in [-0.15, -0.1) is 0 Å². The van der Waals surface area contributed by atoms with E-state index in [1.165, 1.54) is 6.20 Å². The second-order valence-electron chi connectivity index (χ2n) is 3.78. The molecule has 0 saturated carbocycles. The summed E-state index contributed by atoms with van der Waals surface area (Å²) in [5, 5.41) is 11.8. The standard InChI is InChI=1S/C14H10ClN3O2/c15-11-5-3-7-17-14(11)18-13(19)9-20-12-6-2-1-4-10(12)8-16/h1-7H,9H2,(H,17,18,19). The smallest absolute Gasteiger partial charge is 0.263 e. The van der Waals surface area contributed by atoms with Crippen molar-refractivity contribution in [2.24, 2.45) is 0 Å². The third kappa shape index (κ3) is 3.46. The van der Waals surface area contributed by atoms with Crippen LogP contribution in [0.1, 0.15) is 5.56 Å². The number of nitrogens with one attached hydrogen (secondary N) is 1. The molecule has 1 aromatic heterocycles. The first kappa shape index (κ1) is 13.8. The number of aromatic nitrogens is 1. The van der Waals surface area contributed by atoms with Crippen LogP contribution in [0.3, 0.4) is 0 Å². The average Bonchev–Trinajstić information content (AvgIpc) is 2.48. The molecule has 0 fully saturated rings. The van der Waals surface area contributed by atoms with E-state index in [4.69, 9.17) is 21.6 Å². The molecule has 1 aromatic carbocycles. The van der Waals surface area contributed by atoms with Crippen LogP contribution in [0, 0.1) is 11.3 Å². The molecule has 0 atom stereocenters. The number of anilines is 1. The highest BCUT2D eigenvalue weighted by molar-refractivity contribution is 6.33. The summed E-state index contributed by atoms with van der Waals surface area (Å²) in [5.41, 5.74) is 0.371. The van der Waals surface area contributed by atoms with E-state index in [2.05, 4.69) is 10.3 Å². The number of hydrogen-bond acceptors (Lipinski definition) is 4. The molecule has 0 unspecified atom stereocenters. The van der Waals surface area contributed by atoms with E-state index in [0.717, 1.165) is 0 Å². The summed E-state index contributed by atoms with van der Waals surface area (Å²) in [6.45, 7) is -0.231. The van der Waals surface area contributed by atoms with Crippen LogP contribution < -0.4 is 10.1 Å². The van der Waals surface area contributed by atoms with Crippen molar-refractivity contribution >= 4 is 23.3 Å². The predicted octanol–water partition coefficient (Wildman–Crippen LogP) is 2.62. The van der Waals surface area contributed by atoms with Crippen molar-refractivity contribution < 1.29 is 9.53 Å². The summed E-state index contributed by atoms with van der Waals surface area (Å²) >= 11 is 5.87. The fourth-order valence-electron chi connectivity index (χ4n) is 1.47. The van der Waals surface area contributed by atoms with E-state index in [1.54, 1.807) is 36.4 Å². The molecule has 0 bridgehead atoms. The Bertz CT molecular complexity index is 667. The zero-order valence-electron chi connectivity index (χ0n) is 10.3. The van der Waals surface area contributed by atoms with Gasteiger partial charge in [-0.25, -0.2) is 4.98 Å². The molecule has 1 amide bonds. The molecule has 0 aliphatic carbocycles. The lowest BCUT2D eigenvalue weighted by molar-refractivity contribution is -0.118. The minimum Gasteiger partial charge on any atom is -0.482 e. The van der Waals surface area contributed by atoms with Gasteiger partial charge in [0.25, 0.3) is 5.91 Å². The monoisotopic (exact) mass is 287 g/mol. The van der Waals surface area contributed by atoms with Gasteiger partial charge in [0.15, 0.2) is 12.4 Å². The molecule has 0 aliphatic rings. The molecular weight excluding hydrogens is 278 g/mol. The van der Waals surface area contributed by atoms with Gasteiger partial charge in [0.1, 0.15) is 11.8 Å². The first-order valence-corrected chi connectivity index (χ1v) is 6.11. The Hall–Kier alpha value is -2.58. The summed E-state index contributed by atoms with van der Waals surface area (Å²) in [6, 6.07) is 12.0. The van der Waals surface area contributed by atoms with Crippen LogP contribution in [0.4, 0.5) is 5.82 Å². The van der Waals surface area contributed by atoms with Gasteiger partial charge >= 0.3 is 0 Å². The van der Waals surface area contributed by atoms with Crippen molar-refractivity contribution in [1.82, 2.24) is 4.98 Å². The van der Waals surface area contributed by atoms with Crippen LogP contribution in [0.2, 0.25) is 5.02 Å². The third-order valence-electron chi connectivity index (χ3n) is 2.38. The molecule has 6 heteroatoms. The van der Waals surface area contributed by atoms with Crippen molar-refractivity contribution in [1.29, 1.82) is 5.26 Å². The first-order chi connectivity index (χ1) is 9.70. The molecule has 2 rings (SSSR count). The highest BCUT2D eigenvalue weighted by Gasteiger charge is 2.09. The van der Waals surface area contributed by atoms with Crippen LogP contribution in [-0.2, 0) is 4.79 Å². The Labute approximate surface area is 120 Å². The van der Waals surface area contributed by atoms with Gasteiger partial charge in [-0.1, -0.05) is 23.7 Å². The quantitative estimate of drug-likeness (QED) is 0.938. The van der Waals surface area contributed by atoms with Gasteiger partial charge in [0, 0.05) is 6.20 Å². The summed E-state index contributed by atoms with van der Waals surface area (Å²) in [5.74, 6) is 0.229. The molecule has 100 valence electrons. The zero-order chi connectivity index (χ0) is 14.4. The fraction of sp³-hybridized carbons (Fsp3) is 0.0714. The van der Waals surface area contributed by atoms with Gasteiger partial charge in [0.2, 0.25) is 0 Å². The van der Waals surface area contributed by atoms with Gasteiger partial charge in [-0.3, -0.25) is 4.79 Å². The molecule has 1 heterocycles. The predicted molar refractivity (Wildman–Crippen MR) is 74.5 cm³/mol. The Morgan fingerprint density at radius 2 is 2.15 bits per heavy atom. The largest absolute Gasteiger partial charge is 0.482 e. The first-order valence-electron chi connectivity index (χ1n) is 5.73. The minimum absolute atomic E-state index is 0.231. The molecule has 0 radical (unpaired) electrons. The lowest BCUT2D eigenvalue weighted by Gasteiger charge is -2.08. The SMILES string of the molecule is N#Cc1ccccc1OCC(=O)Nc1ncccc1Cl. The van der Waals surface area contributed by atoms with E-state index in [1.807, 2.05) is 6.07 Å². The maximum absolute atomic E-state index is 11.7. The van der Waals surface area contributed by atoms with Crippen LogP contribution in [0.5, 0.6) is 5.75 Å². The number of nitriles is 1. The van der Waals surface area contributed by atoms with Crippen molar-refractivity contribution in [3.05, 3.63) is 53.2 Å². The number of para-hydroxylation sites is 1. The maximum Gasteiger partial charge on any atom is 0.263 e. The summed E-state index contributed by atoms with van der Waals surface area (Å²) < 4.78 is 5.30. The number of hydrogen-bond donors (Lipinski definition) is 1. The van der Waals surface area contributed by atoms with E-state index < -0.39 is 5.91 Å². The number of nitrogens with zero attached hydrogens (tertiary/aromatic N) is 2. The normalized spacial score (nSPS) is 9.60. The number of benzene rings is 1. The Kier molecular flexibility index (Phi) is 4.53. The second-order valence-corrected chi connectivity index (χ2v) is 4.19. The zero-order valence-corrected chi connectivity index (χ0v) is 11.1. The Morgan fingerprint density at radius 1 is 1.35 bits per heavy atom. The molecule has 0 aliphatic heterocycles. The topological polar surface area (TPSA) is 75.0 Å². The van der Waals surface area contributed by atoms with Crippen LogP contribution in [0.25, 0.3) is 0 Å². The lowest BCUT2D eigenvalue weighted by atomic mass is 10.2. The van der Waals surface area contributed by atoms with Gasteiger partial charge in [0.05, 0.1) is 10.6 Å². The number of halogens is 1. The number of carbonyl (C=O) groups is 1. The van der Waals surface area contributed by atoms with Crippen LogP contribution in [-0.4, -0.2) is 17.5 Å². The Morgan fingerprint density at radius 3 is 2.90 bits per heavy atom. The number of rotatable bonds is 4. The van der Waals surface area contributed by atoms with Gasteiger partial charge < -0.3 is 10.1 Å². The molecule has 1 N–H and O–H groups in total. The molecule has 20 heavy (non-hydrogen) atoms. The number of ether oxygens (including phenoxy) is 1. The van der Waals surface area contributed by atoms with E-state index >= 15 is 0 Å². The van der Waals surface area contributed by atoms with E-state index in [0.29, 0.717) is 16.3 Å². The highest BCUT2D eigenvalue weighted by atomic mass is 35.5. The summed E-state index contributed by atoms with van der Waals surface area (Å²) in [4.78, 5) is 15.7. The van der Waals surface area contributed by atoms with Crippen LogP contribution >= 0.6 is 11.6 Å². The highest BCUT2D eigenvalue weighted by Crippen LogP contribution is 2.18. The maximum atomic E-state index is 11.7. The van der Waals surface area contributed by atoms with E-state index in [9.17, 15) is 4.79 Å². The molecule has 2 aromatic rings. The van der Waals surface area contributed by atoms with Gasteiger partial charge in [-0.2, -0.15) is 5.26 Å². The molecular formula is C14H10ClN3O2. The summed E-state index contributed by atoms with van der Waals surface area (Å²) in [6.07, 6.45) is 1.52. The lowest BCUT2D eigenvalue weighted by Crippen LogP contribution is -2.21. The van der Waals surface area contributed by atoms with Crippen molar-refractivity contribution in [3.8, 4) is 11.8 Å². The number of amides is 1. The van der Waals surface area contributed by atoms with Crippen molar-refractivity contribution in [2.45, 2.75) is 0 Å². The Balaban J connectivity index is 1.96. The molecule has 0 spiro atoms. The van der Waals surface area contributed by atoms with E-state index in [-0.39, 0.29) is 12.4 Å². The minimum atomic E-state index is -0.404. The summed E-state index contributed by atoms with van der Waals surface area (Å²) in [7, 11) is 0. The third-order valence-corrected chi connectivity index (χ3v) is 2.69. The number of carbonyl (C=O) groups excluding carboxylic acids is 1. The van der Waals surface area contributed by atoms with Crippen molar-refractivity contribution in [3.63, 3.8) is 0 Å². The molecule has 5 nitrogen and oxygen atoms in total. The van der Waals surface area contributed by atoms with Crippen LogP contribution in [0.15, 0.2) is 42.6 Å². The second kappa shape index (κ2) is 6.55. The number of pyridine rings is 1. The van der Waals surface area contributed by atoms with Gasteiger partial charge in [-0.05, 0) is 24.3 Å². The fourth-order valence-corrected chi connectivity index (χ4v) is 1.64. The average molecular weight is 288 g/mol.